The summed E-state index contributed by atoms with van der Waals surface area (Å²) in [7, 11) is 0. The molecule has 0 radical (unpaired) electrons. The van der Waals surface area contributed by atoms with Crippen LogP contribution in [-0.2, 0) is 4.74 Å². The topological polar surface area (TPSA) is 33.3 Å². The first-order chi connectivity index (χ1) is 7.66. The molecule has 0 aromatic carbocycles. The molecule has 0 rings (SSSR count). The highest BCUT2D eigenvalue weighted by Gasteiger charge is 1.95. The number of nitrogens with one attached hydrogen (secondary N) is 2. The Hall–Kier alpha value is -0.350. The molecule has 0 bridgehead atoms. The van der Waals surface area contributed by atoms with Gasteiger partial charge in [0, 0.05) is 19.7 Å². The van der Waals surface area contributed by atoms with E-state index in [1.54, 1.807) is 0 Å². The Bertz CT molecular complexity index is 174. The van der Waals surface area contributed by atoms with Crippen molar-refractivity contribution >= 4 is 17.3 Å². The first-order valence-corrected chi connectivity index (χ1v) is 6.67. The smallest absolute Gasteiger partial charge is 0.166 e. The first kappa shape index (κ1) is 15.7. The minimum Gasteiger partial charge on any atom is -0.380 e. The predicted octanol–water partition coefficient (Wildman–Crippen LogP) is 2.31. The van der Waals surface area contributed by atoms with Gasteiger partial charge in [-0.15, -0.1) is 0 Å². The minimum atomic E-state index is 0.713. The van der Waals surface area contributed by atoms with Crippen LogP contribution >= 0.6 is 12.2 Å². The largest absolute Gasteiger partial charge is 0.380 e. The van der Waals surface area contributed by atoms with Crippen molar-refractivity contribution in [3.05, 3.63) is 0 Å². The summed E-state index contributed by atoms with van der Waals surface area (Å²) >= 11 is 5.11. The molecule has 3 nitrogen and oxygen atoms in total. The summed E-state index contributed by atoms with van der Waals surface area (Å²) in [5.74, 6) is 0.713. The van der Waals surface area contributed by atoms with Crippen molar-refractivity contribution in [1.29, 1.82) is 0 Å². The summed E-state index contributed by atoms with van der Waals surface area (Å²) in [5, 5.41) is 7.02. The van der Waals surface area contributed by atoms with Crippen molar-refractivity contribution in [3.8, 4) is 0 Å². The SMILES string of the molecule is CCCCNC(=S)NCCOCCC(C)C. The maximum absolute atomic E-state index is 5.47. The Kier molecular flexibility index (Phi) is 10.9. The molecule has 2 N–H and O–H groups in total. The molecule has 0 aromatic heterocycles. The van der Waals surface area contributed by atoms with E-state index in [9.17, 15) is 0 Å². The molecular weight excluding hydrogens is 220 g/mol. The first-order valence-electron chi connectivity index (χ1n) is 6.26. The average Bonchev–Trinajstić information content (AvgIpc) is 2.23. The molecule has 0 aliphatic heterocycles. The van der Waals surface area contributed by atoms with Crippen LogP contribution in [0.25, 0.3) is 0 Å². The zero-order valence-corrected chi connectivity index (χ0v) is 11.7. The Morgan fingerprint density at radius 1 is 1.19 bits per heavy atom. The molecule has 0 fully saturated rings. The zero-order chi connectivity index (χ0) is 12.2. The fraction of sp³-hybridized carbons (Fsp3) is 0.917. The van der Waals surface area contributed by atoms with Gasteiger partial charge in [-0.05, 0) is 31.0 Å². The Labute approximate surface area is 105 Å². The molecule has 0 heterocycles. The lowest BCUT2D eigenvalue weighted by molar-refractivity contribution is 0.128. The standard InChI is InChI=1S/C12H26N2OS/c1-4-5-7-13-12(16)14-8-10-15-9-6-11(2)3/h11H,4-10H2,1-3H3,(H2,13,14,16). The lowest BCUT2D eigenvalue weighted by Gasteiger charge is -2.10. The quantitative estimate of drug-likeness (QED) is 0.483. The van der Waals surface area contributed by atoms with Crippen molar-refractivity contribution in [2.45, 2.75) is 40.0 Å². The van der Waals surface area contributed by atoms with Gasteiger partial charge in [-0.25, -0.2) is 0 Å². The van der Waals surface area contributed by atoms with Crippen LogP contribution < -0.4 is 10.6 Å². The molecule has 0 saturated carbocycles. The van der Waals surface area contributed by atoms with E-state index in [2.05, 4.69) is 31.4 Å². The highest BCUT2D eigenvalue weighted by atomic mass is 32.1. The Balaban J connectivity index is 3.15. The molecule has 96 valence electrons. The van der Waals surface area contributed by atoms with Crippen molar-refractivity contribution < 1.29 is 4.74 Å². The zero-order valence-electron chi connectivity index (χ0n) is 10.8. The summed E-state index contributed by atoms with van der Waals surface area (Å²) in [6.07, 6.45) is 3.47. The van der Waals surface area contributed by atoms with Gasteiger partial charge in [-0.1, -0.05) is 27.2 Å². The van der Waals surface area contributed by atoms with Gasteiger partial charge in [-0.3, -0.25) is 0 Å². The summed E-state index contributed by atoms with van der Waals surface area (Å²) in [4.78, 5) is 0. The van der Waals surface area contributed by atoms with Crippen molar-refractivity contribution in [2.24, 2.45) is 5.92 Å². The second-order valence-corrected chi connectivity index (χ2v) is 4.74. The van der Waals surface area contributed by atoms with E-state index >= 15 is 0 Å². The lowest BCUT2D eigenvalue weighted by atomic mass is 10.1. The van der Waals surface area contributed by atoms with E-state index < -0.39 is 0 Å². The number of ether oxygens (including phenoxy) is 1. The number of thiocarbonyl (C=S) groups is 1. The Morgan fingerprint density at radius 2 is 1.88 bits per heavy atom. The van der Waals surface area contributed by atoms with Crippen molar-refractivity contribution in [1.82, 2.24) is 10.6 Å². The molecule has 0 atom stereocenters. The van der Waals surface area contributed by atoms with Crippen molar-refractivity contribution in [3.63, 3.8) is 0 Å². The van der Waals surface area contributed by atoms with Crippen LogP contribution in [0.2, 0.25) is 0 Å². The molecule has 0 amide bonds. The van der Waals surface area contributed by atoms with Crippen LogP contribution in [0.5, 0.6) is 0 Å². The molecule has 4 heteroatoms. The summed E-state index contributed by atoms with van der Waals surface area (Å²) in [6, 6.07) is 0. The number of rotatable bonds is 9. The molecule has 0 aromatic rings. The van der Waals surface area contributed by atoms with E-state index in [0.29, 0.717) is 5.92 Å². The van der Waals surface area contributed by atoms with E-state index in [0.717, 1.165) is 44.3 Å². The maximum Gasteiger partial charge on any atom is 0.166 e. The predicted molar refractivity (Wildman–Crippen MR) is 73.8 cm³/mol. The third-order valence-electron chi connectivity index (χ3n) is 2.19. The van der Waals surface area contributed by atoms with Gasteiger partial charge in [0.1, 0.15) is 0 Å². The van der Waals surface area contributed by atoms with Crippen LogP contribution in [0.1, 0.15) is 40.0 Å². The third-order valence-corrected chi connectivity index (χ3v) is 2.48. The van der Waals surface area contributed by atoms with Crippen LogP contribution in [-0.4, -0.2) is 31.4 Å². The average molecular weight is 246 g/mol. The van der Waals surface area contributed by atoms with Crippen LogP contribution in [0.3, 0.4) is 0 Å². The number of hydrogen-bond acceptors (Lipinski definition) is 2. The minimum absolute atomic E-state index is 0.713. The lowest BCUT2D eigenvalue weighted by Crippen LogP contribution is -2.37. The van der Waals surface area contributed by atoms with Gasteiger partial charge in [0.05, 0.1) is 6.61 Å². The van der Waals surface area contributed by atoms with E-state index in [1.165, 1.54) is 6.42 Å². The Morgan fingerprint density at radius 3 is 2.50 bits per heavy atom. The van der Waals surface area contributed by atoms with Crippen LogP contribution in [0.4, 0.5) is 0 Å². The van der Waals surface area contributed by atoms with E-state index in [1.807, 2.05) is 0 Å². The van der Waals surface area contributed by atoms with Gasteiger partial charge in [0.15, 0.2) is 5.11 Å². The summed E-state index contributed by atoms with van der Waals surface area (Å²) in [6.45, 7) is 9.88. The number of unbranched alkanes of at least 4 members (excludes halogenated alkanes) is 1. The van der Waals surface area contributed by atoms with Gasteiger partial charge in [-0.2, -0.15) is 0 Å². The molecular formula is C12H26N2OS. The number of hydrogen-bond donors (Lipinski definition) is 2. The second-order valence-electron chi connectivity index (χ2n) is 4.33. The van der Waals surface area contributed by atoms with E-state index in [4.69, 9.17) is 17.0 Å². The van der Waals surface area contributed by atoms with Gasteiger partial charge >= 0.3 is 0 Å². The molecule has 0 aliphatic carbocycles. The monoisotopic (exact) mass is 246 g/mol. The highest BCUT2D eigenvalue weighted by molar-refractivity contribution is 7.80. The molecule has 0 saturated heterocycles. The summed E-state index contributed by atoms with van der Waals surface area (Å²) in [5.41, 5.74) is 0. The fourth-order valence-corrected chi connectivity index (χ4v) is 1.30. The van der Waals surface area contributed by atoms with Gasteiger partial charge in [0.25, 0.3) is 0 Å². The molecule has 16 heavy (non-hydrogen) atoms. The third kappa shape index (κ3) is 11.7. The van der Waals surface area contributed by atoms with Crippen LogP contribution in [0.15, 0.2) is 0 Å². The van der Waals surface area contributed by atoms with Gasteiger partial charge < -0.3 is 15.4 Å². The van der Waals surface area contributed by atoms with Gasteiger partial charge in [0.2, 0.25) is 0 Å². The summed E-state index contributed by atoms with van der Waals surface area (Å²) < 4.78 is 5.47. The normalized spacial score (nSPS) is 10.5. The van der Waals surface area contributed by atoms with E-state index in [-0.39, 0.29) is 0 Å². The van der Waals surface area contributed by atoms with Crippen molar-refractivity contribution in [2.75, 3.05) is 26.3 Å². The molecule has 0 aliphatic rings. The molecule has 0 unspecified atom stereocenters. The highest BCUT2D eigenvalue weighted by Crippen LogP contribution is 1.98. The van der Waals surface area contributed by atoms with Crippen LogP contribution in [0, 0.1) is 5.92 Å². The second kappa shape index (κ2) is 11.1. The molecule has 0 spiro atoms. The fourth-order valence-electron chi connectivity index (χ4n) is 1.10. The maximum atomic E-state index is 5.47.